The number of hydrogen-bond donors (Lipinski definition) is 1. The third-order valence-corrected chi connectivity index (χ3v) is 6.13. The fraction of sp³-hybridized carbons (Fsp3) is 0.0952. The molecule has 0 aliphatic heterocycles. The lowest BCUT2D eigenvalue weighted by atomic mass is 10.1. The summed E-state index contributed by atoms with van der Waals surface area (Å²) in [6.07, 6.45) is 0.787. The van der Waals surface area contributed by atoms with Gasteiger partial charge in [0, 0.05) is 11.3 Å². The summed E-state index contributed by atoms with van der Waals surface area (Å²) < 4.78 is 48.1. The van der Waals surface area contributed by atoms with Crippen LogP contribution in [0.15, 0.2) is 71.6 Å². The monoisotopic (exact) mass is 399 g/mol. The van der Waals surface area contributed by atoms with E-state index in [1.807, 2.05) is 24.3 Å². The first-order chi connectivity index (χ1) is 13.4. The minimum absolute atomic E-state index is 0.178. The first kappa shape index (κ1) is 18.3. The van der Waals surface area contributed by atoms with Crippen molar-refractivity contribution < 1.29 is 22.0 Å². The molecule has 3 aromatic rings. The average molecular weight is 399 g/mol. The molecule has 28 heavy (non-hydrogen) atoms. The summed E-state index contributed by atoms with van der Waals surface area (Å²) in [7, 11) is -4.68. The number of hydrogen-bond acceptors (Lipinski definition) is 3. The van der Waals surface area contributed by atoms with Gasteiger partial charge >= 0.3 is 5.76 Å². The molecule has 0 unspecified atom stereocenters. The highest BCUT2D eigenvalue weighted by molar-refractivity contribution is 7.91. The Morgan fingerprint density at radius 2 is 1.57 bits per heavy atom. The highest BCUT2D eigenvalue weighted by Gasteiger charge is 2.26. The zero-order valence-electron chi connectivity index (χ0n) is 14.5. The number of halogens is 2. The van der Waals surface area contributed by atoms with E-state index in [1.54, 1.807) is 6.07 Å². The van der Waals surface area contributed by atoms with Crippen LogP contribution >= 0.6 is 0 Å². The number of carbonyl (C=O) groups is 1. The van der Waals surface area contributed by atoms with Crippen molar-refractivity contribution in [3.63, 3.8) is 0 Å². The second-order valence-electron chi connectivity index (χ2n) is 6.49. The van der Waals surface area contributed by atoms with Crippen LogP contribution in [0.2, 0.25) is 0 Å². The number of sulfone groups is 1. The molecule has 1 amide bonds. The van der Waals surface area contributed by atoms with Gasteiger partial charge in [0.15, 0.2) is 0 Å². The summed E-state index contributed by atoms with van der Waals surface area (Å²) in [5.41, 5.74) is 5.45. The number of anilines is 1. The Morgan fingerprint density at radius 1 is 0.893 bits per heavy atom. The molecule has 0 spiro atoms. The van der Waals surface area contributed by atoms with E-state index < -0.39 is 26.4 Å². The Kier molecular flexibility index (Phi) is 4.47. The third-order valence-electron chi connectivity index (χ3n) is 4.73. The normalized spacial score (nSPS) is 12.5. The molecule has 1 N–H and O–H groups in total. The third kappa shape index (κ3) is 3.18. The van der Waals surface area contributed by atoms with Crippen LogP contribution in [0.4, 0.5) is 14.5 Å². The molecule has 0 bridgehead atoms. The predicted molar refractivity (Wildman–Crippen MR) is 102 cm³/mol. The molecule has 0 radical (unpaired) electrons. The fourth-order valence-corrected chi connectivity index (χ4v) is 4.05. The standard InChI is InChI=1S/C21H15F2NO3S/c22-21(23)28(26,27)17-8-5-13(6-9-17)20(25)24-16-7-10-19-15(12-16)11-14-3-1-2-4-18(14)19/h1-10,12,21H,11H2,(H,24,25). The smallest absolute Gasteiger partial charge is 0.322 e. The van der Waals surface area contributed by atoms with E-state index in [2.05, 4.69) is 17.4 Å². The molecule has 0 saturated carbocycles. The van der Waals surface area contributed by atoms with E-state index in [1.165, 1.54) is 23.3 Å². The van der Waals surface area contributed by atoms with Crippen LogP contribution in [0.5, 0.6) is 0 Å². The maximum Gasteiger partial charge on any atom is 0.341 e. The van der Waals surface area contributed by atoms with Gasteiger partial charge in [-0.05, 0) is 65.1 Å². The highest BCUT2D eigenvalue weighted by Crippen LogP contribution is 2.37. The van der Waals surface area contributed by atoms with Crippen molar-refractivity contribution in [1.29, 1.82) is 0 Å². The molecular weight excluding hydrogens is 384 g/mol. The van der Waals surface area contributed by atoms with E-state index in [0.717, 1.165) is 29.7 Å². The van der Waals surface area contributed by atoms with Crippen molar-refractivity contribution in [3.8, 4) is 11.1 Å². The van der Waals surface area contributed by atoms with Crippen molar-refractivity contribution in [2.24, 2.45) is 0 Å². The Balaban J connectivity index is 1.53. The van der Waals surface area contributed by atoms with Gasteiger partial charge in [0.1, 0.15) is 0 Å². The van der Waals surface area contributed by atoms with Crippen LogP contribution in [0.3, 0.4) is 0 Å². The number of amides is 1. The van der Waals surface area contributed by atoms with Gasteiger partial charge < -0.3 is 5.32 Å². The Labute approximate surface area is 160 Å². The van der Waals surface area contributed by atoms with E-state index in [4.69, 9.17) is 0 Å². The van der Waals surface area contributed by atoms with E-state index in [0.29, 0.717) is 5.69 Å². The average Bonchev–Trinajstić information content (AvgIpc) is 3.05. The van der Waals surface area contributed by atoms with Gasteiger partial charge in [-0.2, -0.15) is 8.78 Å². The fourth-order valence-electron chi connectivity index (χ4n) is 3.33. The lowest BCUT2D eigenvalue weighted by Crippen LogP contribution is -2.14. The van der Waals surface area contributed by atoms with E-state index in [9.17, 15) is 22.0 Å². The minimum atomic E-state index is -4.68. The van der Waals surface area contributed by atoms with Crippen molar-refractivity contribution >= 4 is 21.4 Å². The largest absolute Gasteiger partial charge is 0.341 e. The topological polar surface area (TPSA) is 63.2 Å². The lowest BCUT2D eigenvalue weighted by molar-refractivity contribution is 0.102. The van der Waals surface area contributed by atoms with Gasteiger partial charge in [0.25, 0.3) is 5.91 Å². The molecule has 4 nitrogen and oxygen atoms in total. The van der Waals surface area contributed by atoms with Crippen molar-refractivity contribution in [1.82, 2.24) is 0 Å². The Morgan fingerprint density at radius 3 is 2.29 bits per heavy atom. The van der Waals surface area contributed by atoms with E-state index in [-0.39, 0.29) is 5.56 Å². The molecule has 0 fully saturated rings. The quantitative estimate of drug-likeness (QED) is 0.549. The zero-order chi connectivity index (χ0) is 19.9. The first-order valence-electron chi connectivity index (χ1n) is 8.51. The molecule has 1 aliphatic carbocycles. The summed E-state index contributed by atoms with van der Waals surface area (Å²) >= 11 is 0. The molecule has 3 aromatic carbocycles. The van der Waals surface area contributed by atoms with Crippen LogP contribution in [0.1, 0.15) is 21.5 Å². The first-order valence-corrected chi connectivity index (χ1v) is 10.1. The number of benzene rings is 3. The summed E-state index contributed by atoms with van der Waals surface area (Å²) in [6.45, 7) is 0. The van der Waals surface area contributed by atoms with Crippen molar-refractivity contribution in [2.75, 3.05) is 5.32 Å². The van der Waals surface area contributed by atoms with Gasteiger partial charge in [-0.25, -0.2) is 8.42 Å². The molecular formula is C21H15F2NO3S. The number of rotatable bonds is 4. The Hall–Kier alpha value is -3.06. The molecule has 0 aromatic heterocycles. The highest BCUT2D eigenvalue weighted by atomic mass is 32.2. The molecule has 142 valence electrons. The molecule has 0 saturated heterocycles. The summed E-state index contributed by atoms with van der Waals surface area (Å²) in [5.74, 6) is -3.95. The summed E-state index contributed by atoms with van der Waals surface area (Å²) in [5, 5.41) is 2.76. The maximum absolute atomic E-state index is 12.6. The lowest BCUT2D eigenvalue weighted by Gasteiger charge is -2.09. The van der Waals surface area contributed by atoms with Crippen molar-refractivity contribution in [3.05, 3.63) is 83.4 Å². The number of nitrogens with one attached hydrogen (secondary N) is 1. The molecule has 0 heterocycles. The maximum atomic E-state index is 12.6. The van der Waals surface area contributed by atoms with Gasteiger partial charge in [0.2, 0.25) is 9.84 Å². The van der Waals surface area contributed by atoms with Crippen LogP contribution in [0.25, 0.3) is 11.1 Å². The molecule has 0 atom stereocenters. The Bertz CT molecular complexity index is 1170. The molecule has 7 heteroatoms. The van der Waals surface area contributed by atoms with E-state index >= 15 is 0 Å². The van der Waals surface area contributed by atoms with Crippen LogP contribution < -0.4 is 5.32 Å². The van der Waals surface area contributed by atoms with Crippen molar-refractivity contribution in [2.45, 2.75) is 17.1 Å². The number of carbonyl (C=O) groups excluding carboxylic acids is 1. The van der Waals surface area contributed by atoms with Crippen LogP contribution in [0, 0.1) is 0 Å². The zero-order valence-corrected chi connectivity index (χ0v) is 15.3. The molecule has 1 aliphatic rings. The number of alkyl halides is 2. The van der Waals surface area contributed by atoms with Gasteiger partial charge in [0.05, 0.1) is 4.90 Å². The van der Waals surface area contributed by atoms with Crippen LogP contribution in [-0.2, 0) is 16.3 Å². The summed E-state index contributed by atoms with van der Waals surface area (Å²) in [6, 6.07) is 18.2. The van der Waals surface area contributed by atoms with Crippen LogP contribution in [-0.4, -0.2) is 20.1 Å². The SMILES string of the molecule is O=C(Nc1ccc2c(c1)Cc1ccccc1-2)c1ccc(S(=O)(=O)C(F)F)cc1. The second kappa shape index (κ2) is 6.83. The van der Waals surface area contributed by atoms with Gasteiger partial charge in [-0.1, -0.05) is 30.3 Å². The van der Waals surface area contributed by atoms with Gasteiger partial charge in [-0.15, -0.1) is 0 Å². The second-order valence-corrected chi connectivity index (χ2v) is 8.41. The van der Waals surface area contributed by atoms with Gasteiger partial charge in [-0.3, -0.25) is 4.79 Å². The molecule has 4 rings (SSSR count). The number of fused-ring (bicyclic) bond motifs is 3. The summed E-state index contributed by atoms with van der Waals surface area (Å²) in [4.78, 5) is 11.9. The predicted octanol–water partition coefficient (Wildman–Crippen LogP) is 4.51. The minimum Gasteiger partial charge on any atom is -0.322 e.